The van der Waals surface area contributed by atoms with Gasteiger partial charge in [-0.05, 0) is 47.4 Å². The number of carbonyl (C=O) groups excluding carboxylic acids is 2. The average molecular weight is 516 g/mol. The van der Waals surface area contributed by atoms with Crippen molar-refractivity contribution in [2.24, 2.45) is 11.7 Å². The number of hydrogen-bond donors (Lipinski definition) is 4. The van der Waals surface area contributed by atoms with Gasteiger partial charge in [0, 0.05) is 36.1 Å². The number of aryl methyl sites for hydroxylation is 1. The molecule has 38 heavy (non-hydrogen) atoms. The third-order valence-corrected chi connectivity index (χ3v) is 6.65. The van der Waals surface area contributed by atoms with E-state index in [1.54, 1.807) is 31.4 Å². The molecule has 0 saturated carbocycles. The number of Topliss-reactive ketones (excluding diaryl/α,β-unsaturated/α-hetero) is 1. The highest BCUT2D eigenvalue weighted by atomic mass is 16.5. The topological polar surface area (TPSA) is 127 Å². The number of methoxy groups -OCH3 is 1. The molecule has 0 bridgehead atoms. The number of aromatic nitrogens is 1. The second-order valence-corrected chi connectivity index (χ2v) is 9.09. The molecule has 4 aromatic rings. The van der Waals surface area contributed by atoms with E-state index >= 15 is 0 Å². The van der Waals surface area contributed by atoms with Crippen LogP contribution in [0.25, 0.3) is 10.9 Å². The van der Waals surface area contributed by atoms with Gasteiger partial charge >= 0.3 is 0 Å². The molecule has 1 aromatic heterocycles. The van der Waals surface area contributed by atoms with E-state index in [1.807, 2.05) is 54.7 Å². The number of nitrogens with one attached hydrogen (secondary N) is 2. The number of carbonyl (C=O) groups is 2. The lowest BCUT2D eigenvalue weighted by atomic mass is 9.90. The maximum Gasteiger partial charge on any atom is 0.220 e. The van der Waals surface area contributed by atoms with Gasteiger partial charge in [0.05, 0.1) is 19.6 Å². The molecule has 8 nitrogen and oxygen atoms in total. The molecule has 0 saturated heterocycles. The molecule has 0 spiro atoms. The van der Waals surface area contributed by atoms with Crippen molar-refractivity contribution in [1.29, 1.82) is 0 Å². The van der Waals surface area contributed by atoms with Gasteiger partial charge in [0.2, 0.25) is 5.91 Å². The average Bonchev–Trinajstić information content (AvgIpc) is 3.39. The van der Waals surface area contributed by atoms with E-state index in [2.05, 4.69) is 10.3 Å². The highest BCUT2D eigenvalue weighted by Crippen LogP contribution is 2.28. The van der Waals surface area contributed by atoms with Crippen molar-refractivity contribution in [3.05, 3.63) is 95.7 Å². The fourth-order valence-corrected chi connectivity index (χ4v) is 4.45. The summed E-state index contributed by atoms with van der Waals surface area (Å²) in [5.41, 5.74) is 10.1. The molecule has 2 atom stereocenters. The number of ether oxygens (including phenoxy) is 2. The van der Waals surface area contributed by atoms with Crippen LogP contribution in [0.1, 0.15) is 29.2 Å². The zero-order valence-corrected chi connectivity index (χ0v) is 21.4. The van der Waals surface area contributed by atoms with E-state index in [9.17, 15) is 14.7 Å². The summed E-state index contributed by atoms with van der Waals surface area (Å²) in [7, 11) is 1.60. The van der Waals surface area contributed by atoms with Gasteiger partial charge in [-0.2, -0.15) is 0 Å². The lowest BCUT2D eigenvalue weighted by Crippen LogP contribution is -2.40. The van der Waals surface area contributed by atoms with Crippen molar-refractivity contribution < 1.29 is 24.2 Å². The minimum absolute atomic E-state index is 0.0719. The van der Waals surface area contributed by atoms with Crippen molar-refractivity contribution >= 4 is 22.6 Å². The number of para-hydroxylation sites is 2. The Balaban J connectivity index is 1.45. The van der Waals surface area contributed by atoms with Crippen LogP contribution in [-0.4, -0.2) is 42.0 Å². The smallest absolute Gasteiger partial charge is 0.220 e. The van der Waals surface area contributed by atoms with E-state index in [4.69, 9.17) is 15.2 Å². The van der Waals surface area contributed by atoms with Crippen LogP contribution in [0.15, 0.2) is 79.0 Å². The molecule has 2 unspecified atom stereocenters. The summed E-state index contributed by atoms with van der Waals surface area (Å²) in [5.74, 6) is 0.134. The lowest BCUT2D eigenvalue weighted by molar-refractivity contribution is -0.126. The van der Waals surface area contributed by atoms with Crippen LogP contribution in [0.5, 0.6) is 11.5 Å². The van der Waals surface area contributed by atoms with E-state index in [1.165, 1.54) is 0 Å². The number of nitrogens with two attached hydrogens (primary N) is 1. The molecule has 1 heterocycles. The molecule has 0 aliphatic rings. The summed E-state index contributed by atoms with van der Waals surface area (Å²) < 4.78 is 11.1. The highest BCUT2D eigenvalue weighted by Gasteiger charge is 2.29. The third kappa shape index (κ3) is 6.59. The van der Waals surface area contributed by atoms with Gasteiger partial charge in [-0.15, -0.1) is 0 Å². The number of rotatable bonds is 13. The number of hydrogen-bond acceptors (Lipinski definition) is 6. The van der Waals surface area contributed by atoms with Crippen LogP contribution in [-0.2, 0) is 22.6 Å². The third-order valence-electron chi connectivity index (χ3n) is 6.65. The number of ketones is 1. The minimum Gasteiger partial charge on any atom is -0.496 e. The number of benzene rings is 3. The molecule has 198 valence electrons. The van der Waals surface area contributed by atoms with E-state index < -0.39 is 12.0 Å². The Morgan fingerprint density at radius 2 is 1.76 bits per heavy atom. The first kappa shape index (κ1) is 26.9. The maximum absolute atomic E-state index is 13.4. The Morgan fingerprint density at radius 3 is 2.53 bits per heavy atom. The number of aliphatic hydroxyl groups excluding tert-OH is 1. The van der Waals surface area contributed by atoms with Crippen LogP contribution < -0.4 is 20.5 Å². The van der Waals surface area contributed by atoms with Crippen LogP contribution in [0, 0.1) is 5.92 Å². The van der Waals surface area contributed by atoms with Gasteiger partial charge in [0.15, 0.2) is 5.78 Å². The summed E-state index contributed by atoms with van der Waals surface area (Å²) in [5, 5.41) is 13.1. The molecule has 0 aliphatic carbocycles. The largest absolute Gasteiger partial charge is 0.496 e. The van der Waals surface area contributed by atoms with Crippen molar-refractivity contribution in [3.8, 4) is 11.5 Å². The van der Waals surface area contributed by atoms with Crippen molar-refractivity contribution in [2.45, 2.75) is 25.5 Å². The fourth-order valence-electron chi connectivity index (χ4n) is 4.45. The predicted octanol–water partition coefficient (Wildman–Crippen LogP) is 3.68. The van der Waals surface area contributed by atoms with Crippen molar-refractivity contribution in [2.75, 3.05) is 20.3 Å². The zero-order valence-electron chi connectivity index (χ0n) is 21.4. The monoisotopic (exact) mass is 515 g/mol. The van der Waals surface area contributed by atoms with Gasteiger partial charge < -0.3 is 30.6 Å². The summed E-state index contributed by atoms with van der Waals surface area (Å²) in [6.07, 6.45) is 2.57. The minimum atomic E-state index is -0.707. The Morgan fingerprint density at radius 1 is 1.03 bits per heavy atom. The highest BCUT2D eigenvalue weighted by molar-refractivity contribution is 5.88. The number of fused-ring (bicyclic) bond motifs is 1. The molecular weight excluding hydrogens is 482 g/mol. The first-order valence-electron chi connectivity index (χ1n) is 12.6. The first-order chi connectivity index (χ1) is 18.5. The number of aliphatic hydroxyl groups is 1. The molecule has 8 heteroatoms. The Kier molecular flexibility index (Phi) is 9.13. The van der Waals surface area contributed by atoms with Gasteiger partial charge in [0.25, 0.3) is 0 Å². The molecule has 3 aromatic carbocycles. The van der Waals surface area contributed by atoms with Gasteiger partial charge in [-0.1, -0.05) is 48.5 Å². The molecule has 0 fully saturated rings. The van der Waals surface area contributed by atoms with Crippen LogP contribution in [0.3, 0.4) is 0 Å². The fraction of sp³-hybridized carbons (Fsp3) is 0.267. The lowest BCUT2D eigenvalue weighted by Gasteiger charge is -2.23. The van der Waals surface area contributed by atoms with Crippen LogP contribution >= 0.6 is 0 Å². The Hall–Kier alpha value is -4.14. The Labute approximate surface area is 221 Å². The molecule has 0 radical (unpaired) electrons. The molecule has 5 N–H and O–H groups in total. The molecular formula is C30H33N3O5. The predicted molar refractivity (Wildman–Crippen MR) is 146 cm³/mol. The first-order valence-corrected chi connectivity index (χ1v) is 12.6. The van der Waals surface area contributed by atoms with Crippen LogP contribution in [0.2, 0.25) is 0 Å². The second-order valence-electron chi connectivity index (χ2n) is 9.09. The van der Waals surface area contributed by atoms with E-state index in [0.717, 1.165) is 33.3 Å². The second kappa shape index (κ2) is 12.9. The normalized spacial score (nSPS) is 12.6. The quantitative estimate of drug-likeness (QED) is 0.215. The van der Waals surface area contributed by atoms with Gasteiger partial charge in [0.1, 0.15) is 18.1 Å². The van der Waals surface area contributed by atoms with Gasteiger partial charge in [-0.3, -0.25) is 9.59 Å². The summed E-state index contributed by atoms with van der Waals surface area (Å²) in [6, 6.07) is 21.5. The standard InChI is InChI=1S/C30H33N3O5/c1-37-28-9-5-2-6-21(28)12-15-29(36)33-17-25(27(35)19-38-22-13-10-20(18-34)11-14-22)30(31)24-16-32-26-8-4-3-7-23(24)26/h2-11,13-14,16,25,30,32,34H,12,15,17-19,31H2,1H3,(H,33,36). The number of H-pyrrole nitrogens is 1. The summed E-state index contributed by atoms with van der Waals surface area (Å²) in [6.45, 7) is -0.190. The van der Waals surface area contributed by atoms with Gasteiger partial charge in [-0.25, -0.2) is 0 Å². The SMILES string of the molecule is COc1ccccc1CCC(=O)NCC(C(=O)COc1ccc(CO)cc1)C(N)c1c[nH]c2ccccc12. The summed E-state index contributed by atoms with van der Waals surface area (Å²) >= 11 is 0. The molecule has 1 amide bonds. The van der Waals surface area contributed by atoms with Crippen molar-refractivity contribution in [1.82, 2.24) is 10.3 Å². The van der Waals surface area contributed by atoms with E-state index in [0.29, 0.717) is 12.2 Å². The number of amides is 1. The maximum atomic E-state index is 13.4. The molecule has 0 aliphatic heterocycles. The zero-order chi connectivity index (χ0) is 26.9. The summed E-state index contributed by atoms with van der Waals surface area (Å²) in [4.78, 5) is 29.3. The van der Waals surface area contributed by atoms with Crippen LogP contribution in [0.4, 0.5) is 0 Å². The Bertz CT molecular complexity index is 1370. The number of aromatic amines is 1. The van der Waals surface area contributed by atoms with Crippen molar-refractivity contribution in [3.63, 3.8) is 0 Å². The molecule has 4 rings (SSSR count). The van der Waals surface area contributed by atoms with E-state index in [-0.39, 0.29) is 37.9 Å².